The number of ether oxygens (including phenoxy) is 3. The van der Waals surface area contributed by atoms with Gasteiger partial charge in [0.1, 0.15) is 6.17 Å². The van der Waals surface area contributed by atoms with Crippen LogP contribution < -0.4 is 14.8 Å². The zero-order valence-electron chi connectivity index (χ0n) is 16.6. The third-order valence-electron chi connectivity index (χ3n) is 5.26. The lowest BCUT2D eigenvalue weighted by atomic mass is 10.0. The van der Waals surface area contributed by atoms with Crippen LogP contribution in [-0.2, 0) is 4.74 Å². The average Bonchev–Trinajstić information content (AvgIpc) is 3.24. The van der Waals surface area contributed by atoms with E-state index in [0.29, 0.717) is 36.6 Å². The lowest BCUT2D eigenvalue weighted by Gasteiger charge is -2.39. The number of nitrogens with one attached hydrogen (secondary N) is 1. The number of para-hydroxylation sites is 2. The van der Waals surface area contributed by atoms with Gasteiger partial charge < -0.3 is 24.4 Å². The number of hydrogen-bond acceptors (Lipinski definition) is 5. The molecule has 0 aromatic heterocycles. The summed E-state index contributed by atoms with van der Waals surface area (Å²) in [4.78, 5) is 15.0. The number of fused-ring (bicyclic) bond motifs is 1. The minimum Gasteiger partial charge on any atom is -0.490 e. The van der Waals surface area contributed by atoms with E-state index in [9.17, 15) is 13.6 Å². The van der Waals surface area contributed by atoms with Crippen LogP contribution in [0.3, 0.4) is 0 Å². The van der Waals surface area contributed by atoms with Gasteiger partial charge in [-0.15, -0.1) is 0 Å². The maximum atomic E-state index is 13.3. The van der Waals surface area contributed by atoms with E-state index in [1.165, 1.54) is 0 Å². The number of anilines is 1. The molecule has 2 heterocycles. The van der Waals surface area contributed by atoms with Gasteiger partial charge in [-0.05, 0) is 38.0 Å². The highest BCUT2D eigenvalue weighted by atomic mass is 19.3. The fourth-order valence-corrected chi connectivity index (χ4v) is 3.97. The number of benzene rings is 2. The number of hydrogen-bond donors (Lipinski definition) is 1. The molecule has 30 heavy (non-hydrogen) atoms. The van der Waals surface area contributed by atoms with Gasteiger partial charge in [0.05, 0.1) is 18.3 Å². The van der Waals surface area contributed by atoms with Crippen molar-refractivity contribution < 1.29 is 27.8 Å². The van der Waals surface area contributed by atoms with E-state index in [-0.39, 0.29) is 23.5 Å². The summed E-state index contributed by atoms with van der Waals surface area (Å²) < 4.78 is 42.6. The molecule has 0 saturated carbocycles. The van der Waals surface area contributed by atoms with Crippen LogP contribution in [0.1, 0.15) is 41.9 Å². The van der Waals surface area contributed by atoms with Crippen molar-refractivity contribution in [3.63, 3.8) is 0 Å². The molecule has 0 bridgehead atoms. The molecule has 0 aliphatic carbocycles. The predicted molar refractivity (Wildman–Crippen MR) is 107 cm³/mol. The van der Waals surface area contributed by atoms with E-state index < -0.39 is 12.8 Å². The summed E-state index contributed by atoms with van der Waals surface area (Å²) in [6, 6.07) is 12.1. The van der Waals surface area contributed by atoms with Crippen molar-refractivity contribution in [3.8, 4) is 11.5 Å². The Bertz CT molecular complexity index is 902. The van der Waals surface area contributed by atoms with Gasteiger partial charge in [-0.3, -0.25) is 4.79 Å². The molecule has 1 fully saturated rings. The molecule has 0 spiro atoms. The molecule has 2 atom stereocenters. The Hall–Kier alpha value is -2.87. The molecule has 2 aliphatic heterocycles. The maximum Gasteiger partial charge on any atom is 0.387 e. The number of alkyl halides is 2. The first kappa shape index (κ1) is 20.4. The molecule has 4 rings (SSSR count). The first-order chi connectivity index (χ1) is 14.6. The van der Waals surface area contributed by atoms with E-state index >= 15 is 0 Å². The Morgan fingerprint density at radius 2 is 2.07 bits per heavy atom. The van der Waals surface area contributed by atoms with E-state index in [0.717, 1.165) is 12.8 Å². The molecular formula is C22H24F2N2O4. The van der Waals surface area contributed by atoms with E-state index in [2.05, 4.69) is 5.32 Å². The average molecular weight is 418 g/mol. The second-order valence-electron chi connectivity index (χ2n) is 7.17. The zero-order chi connectivity index (χ0) is 21.1. The Morgan fingerprint density at radius 3 is 2.80 bits per heavy atom. The first-order valence-electron chi connectivity index (χ1n) is 10.1. The van der Waals surface area contributed by atoms with Crippen LogP contribution in [0.5, 0.6) is 11.5 Å². The Balaban J connectivity index is 1.78. The van der Waals surface area contributed by atoms with Gasteiger partial charge in [-0.1, -0.05) is 24.3 Å². The summed E-state index contributed by atoms with van der Waals surface area (Å²) in [5.74, 6) is -0.0495. The number of carbonyl (C=O) groups excluding carboxylic acids is 1. The third-order valence-corrected chi connectivity index (χ3v) is 5.26. The maximum absolute atomic E-state index is 13.3. The molecule has 1 saturated heterocycles. The molecule has 8 heteroatoms. The quantitative estimate of drug-likeness (QED) is 0.721. The second kappa shape index (κ2) is 8.87. The number of nitrogens with zero attached hydrogens (tertiary/aromatic N) is 1. The highest BCUT2D eigenvalue weighted by molar-refractivity contribution is 6.01. The molecule has 2 aromatic carbocycles. The van der Waals surface area contributed by atoms with Crippen molar-refractivity contribution in [2.75, 3.05) is 25.1 Å². The summed E-state index contributed by atoms with van der Waals surface area (Å²) in [7, 11) is 0. The molecule has 0 radical (unpaired) electrons. The van der Waals surface area contributed by atoms with Crippen molar-refractivity contribution in [1.82, 2.24) is 4.90 Å². The van der Waals surface area contributed by atoms with Gasteiger partial charge in [0.2, 0.25) is 0 Å². The first-order valence-corrected chi connectivity index (χ1v) is 10.1. The van der Waals surface area contributed by atoms with Crippen LogP contribution >= 0.6 is 0 Å². The normalized spacial score (nSPS) is 20.8. The number of halogens is 2. The molecule has 1 N–H and O–H groups in total. The SMILES string of the molecule is CCOc1cccc([C@H]2Nc3ccccc3C(=O)N2C[C@@H]2CCCO2)c1OC(F)F. The fourth-order valence-electron chi connectivity index (χ4n) is 3.97. The lowest BCUT2D eigenvalue weighted by Crippen LogP contribution is -2.46. The minimum absolute atomic E-state index is 0.0728. The fraction of sp³-hybridized carbons (Fsp3) is 0.409. The van der Waals surface area contributed by atoms with E-state index in [4.69, 9.17) is 14.2 Å². The zero-order valence-corrected chi connectivity index (χ0v) is 16.6. The van der Waals surface area contributed by atoms with Gasteiger partial charge in [0.25, 0.3) is 5.91 Å². The minimum atomic E-state index is -3.02. The Morgan fingerprint density at radius 1 is 1.23 bits per heavy atom. The summed E-state index contributed by atoms with van der Waals surface area (Å²) in [6.45, 7) is 0.0335. The monoisotopic (exact) mass is 418 g/mol. The van der Waals surface area contributed by atoms with Gasteiger partial charge in [0.15, 0.2) is 11.5 Å². The van der Waals surface area contributed by atoms with Crippen molar-refractivity contribution in [3.05, 3.63) is 53.6 Å². The van der Waals surface area contributed by atoms with Crippen LogP contribution in [0.25, 0.3) is 0 Å². The van der Waals surface area contributed by atoms with Crippen LogP contribution in [0, 0.1) is 0 Å². The number of rotatable bonds is 7. The second-order valence-corrected chi connectivity index (χ2v) is 7.17. The van der Waals surface area contributed by atoms with Crippen LogP contribution in [0.2, 0.25) is 0 Å². The van der Waals surface area contributed by atoms with Gasteiger partial charge >= 0.3 is 6.61 Å². The van der Waals surface area contributed by atoms with Crippen molar-refractivity contribution in [2.45, 2.75) is 38.6 Å². The molecule has 0 unspecified atom stereocenters. The predicted octanol–water partition coefficient (Wildman–Crippen LogP) is 4.43. The van der Waals surface area contributed by atoms with Gasteiger partial charge in [-0.2, -0.15) is 8.78 Å². The lowest BCUT2D eigenvalue weighted by molar-refractivity contribution is -0.0527. The molecule has 2 aromatic rings. The number of amides is 1. The van der Waals surface area contributed by atoms with Crippen LogP contribution in [0.15, 0.2) is 42.5 Å². The summed E-state index contributed by atoms with van der Waals surface area (Å²) in [5.41, 5.74) is 1.58. The Labute approximate surface area is 173 Å². The summed E-state index contributed by atoms with van der Waals surface area (Å²) >= 11 is 0. The van der Waals surface area contributed by atoms with Crippen LogP contribution in [0.4, 0.5) is 14.5 Å². The molecular weight excluding hydrogens is 394 g/mol. The summed E-state index contributed by atoms with van der Waals surface area (Å²) in [6.07, 6.45) is 0.974. The summed E-state index contributed by atoms with van der Waals surface area (Å²) in [5, 5.41) is 3.32. The molecule has 1 amide bonds. The Kier molecular flexibility index (Phi) is 6.03. The third kappa shape index (κ3) is 4.05. The van der Waals surface area contributed by atoms with Gasteiger partial charge in [-0.25, -0.2) is 0 Å². The van der Waals surface area contributed by atoms with Crippen molar-refractivity contribution >= 4 is 11.6 Å². The molecule has 6 nitrogen and oxygen atoms in total. The van der Waals surface area contributed by atoms with Gasteiger partial charge in [0, 0.05) is 24.4 Å². The van der Waals surface area contributed by atoms with E-state index in [1.807, 2.05) is 6.07 Å². The highest BCUT2D eigenvalue weighted by Crippen LogP contribution is 2.42. The van der Waals surface area contributed by atoms with Crippen molar-refractivity contribution in [2.24, 2.45) is 0 Å². The standard InChI is InChI=1S/C22H24F2N2O4/c1-2-28-18-11-5-9-16(19(18)30-22(23)24)20-25-17-10-4-3-8-15(17)21(27)26(20)13-14-7-6-12-29-14/h3-5,8-11,14,20,22,25H,2,6-7,12-13H2,1H3/t14-,20-/m0/s1. The number of carbonyl (C=O) groups is 1. The van der Waals surface area contributed by atoms with Crippen LogP contribution in [-0.4, -0.2) is 43.3 Å². The topological polar surface area (TPSA) is 60.0 Å². The highest BCUT2D eigenvalue weighted by Gasteiger charge is 2.37. The smallest absolute Gasteiger partial charge is 0.387 e. The van der Waals surface area contributed by atoms with Crippen molar-refractivity contribution in [1.29, 1.82) is 0 Å². The molecule has 2 aliphatic rings. The van der Waals surface area contributed by atoms with E-state index in [1.54, 1.807) is 48.2 Å². The molecule has 160 valence electrons. The largest absolute Gasteiger partial charge is 0.490 e.